The summed E-state index contributed by atoms with van der Waals surface area (Å²) < 4.78 is 19.3. The highest BCUT2D eigenvalue weighted by molar-refractivity contribution is 7.99. The molecule has 0 saturated carbocycles. The lowest BCUT2D eigenvalue weighted by Gasteiger charge is -2.13. The van der Waals surface area contributed by atoms with Gasteiger partial charge in [0.1, 0.15) is 0 Å². The van der Waals surface area contributed by atoms with Gasteiger partial charge >= 0.3 is 0 Å². The van der Waals surface area contributed by atoms with Crippen molar-refractivity contribution in [2.45, 2.75) is 43.9 Å². The number of halogens is 1. The fraction of sp³-hybridized carbons (Fsp3) is 0.333. The maximum atomic E-state index is 13.8. The first-order chi connectivity index (χ1) is 9.85. The summed E-state index contributed by atoms with van der Waals surface area (Å²) in [4.78, 5) is 9.37. The largest absolute Gasteiger partial charge is 0.488 e. The van der Waals surface area contributed by atoms with E-state index in [1.54, 1.807) is 6.07 Å². The van der Waals surface area contributed by atoms with Gasteiger partial charge in [-0.2, -0.15) is 0 Å². The first-order valence-electron chi connectivity index (χ1n) is 6.61. The minimum absolute atomic E-state index is 0.113. The molecule has 0 bridgehead atoms. The third-order valence-corrected chi connectivity index (χ3v) is 3.53. The molecule has 1 aromatic carbocycles. The van der Waals surface area contributed by atoms with E-state index in [1.807, 2.05) is 33.8 Å². The Labute approximate surface area is 127 Å². The molecule has 0 aliphatic carbocycles. The van der Waals surface area contributed by atoms with Crippen LogP contribution in [0.4, 0.5) is 10.1 Å². The zero-order valence-corrected chi connectivity index (χ0v) is 13.3. The van der Waals surface area contributed by atoms with Gasteiger partial charge in [0.25, 0.3) is 0 Å². The second-order valence-electron chi connectivity index (χ2n) is 5.02. The summed E-state index contributed by atoms with van der Waals surface area (Å²) in [5.41, 5.74) is 7.97. The van der Waals surface area contributed by atoms with E-state index in [9.17, 15) is 4.39 Å². The maximum Gasteiger partial charge on any atom is 0.192 e. The number of rotatable bonds is 4. The van der Waals surface area contributed by atoms with Crippen molar-refractivity contribution in [3.05, 3.63) is 35.4 Å². The summed E-state index contributed by atoms with van der Waals surface area (Å²) in [6.07, 6.45) is -0.113. The lowest BCUT2D eigenvalue weighted by molar-refractivity contribution is 0.230. The van der Waals surface area contributed by atoms with Crippen LogP contribution in [0.25, 0.3) is 0 Å². The van der Waals surface area contributed by atoms with Gasteiger partial charge in [0.15, 0.2) is 16.7 Å². The number of benzene rings is 1. The molecule has 0 fully saturated rings. The van der Waals surface area contributed by atoms with Crippen molar-refractivity contribution in [3.8, 4) is 5.75 Å². The number of anilines is 1. The monoisotopic (exact) mass is 307 g/mol. The van der Waals surface area contributed by atoms with Crippen molar-refractivity contribution in [3.63, 3.8) is 0 Å². The molecule has 1 aromatic heterocycles. The van der Waals surface area contributed by atoms with Crippen LogP contribution in [0.5, 0.6) is 5.75 Å². The molecule has 112 valence electrons. The number of hydrogen-bond donors (Lipinski definition) is 1. The summed E-state index contributed by atoms with van der Waals surface area (Å²) in [5, 5.41) is 0.585. The number of nitrogen functional groups attached to an aromatic ring is 1. The molecule has 21 heavy (non-hydrogen) atoms. The van der Waals surface area contributed by atoms with Crippen LogP contribution in [0.15, 0.2) is 28.3 Å². The van der Waals surface area contributed by atoms with E-state index in [-0.39, 0.29) is 11.9 Å². The fourth-order valence-electron chi connectivity index (χ4n) is 1.82. The SMILES string of the molecule is Cc1cc(C)nc(Sc2cc(OC(C)C)c(F)cc2N)n1. The molecular formula is C15H18FN3OS. The van der Waals surface area contributed by atoms with Gasteiger partial charge in [-0.05, 0) is 51.6 Å². The van der Waals surface area contributed by atoms with Crippen molar-refractivity contribution in [1.82, 2.24) is 9.97 Å². The Morgan fingerprint density at radius 3 is 2.33 bits per heavy atom. The lowest BCUT2D eigenvalue weighted by Crippen LogP contribution is -2.07. The molecule has 0 atom stereocenters. The van der Waals surface area contributed by atoms with Crippen molar-refractivity contribution in [1.29, 1.82) is 0 Å². The molecule has 4 nitrogen and oxygen atoms in total. The molecule has 2 aromatic rings. The van der Waals surface area contributed by atoms with Crippen LogP contribution in [-0.2, 0) is 0 Å². The molecule has 0 radical (unpaired) electrons. The number of aryl methyl sites for hydroxylation is 2. The van der Waals surface area contributed by atoms with Crippen molar-refractivity contribution >= 4 is 17.4 Å². The first kappa shape index (κ1) is 15.6. The Kier molecular flexibility index (Phi) is 4.67. The number of ether oxygens (including phenoxy) is 1. The van der Waals surface area contributed by atoms with Crippen LogP contribution >= 0.6 is 11.8 Å². The topological polar surface area (TPSA) is 61.0 Å². The molecule has 0 saturated heterocycles. The highest BCUT2D eigenvalue weighted by Crippen LogP contribution is 2.35. The Bertz CT molecular complexity index is 641. The van der Waals surface area contributed by atoms with Gasteiger partial charge < -0.3 is 10.5 Å². The number of aromatic nitrogens is 2. The second-order valence-corrected chi connectivity index (χ2v) is 6.03. The van der Waals surface area contributed by atoms with Crippen molar-refractivity contribution in [2.24, 2.45) is 0 Å². The number of nitrogens with two attached hydrogens (primary N) is 1. The maximum absolute atomic E-state index is 13.8. The molecule has 0 spiro atoms. The normalized spacial score (nSPS) is 11.0. The third-order valence-electron chi connectivity index (χ3n) is 2.59. The minimum atomic E-state index is -0.466. The molecule has 1 heterocycles. The third kappa shape index (κ3) is 4.07. The Morgan fingerprint density at radius 2 is 1.76 bits per heavy atom. The van der Waals surface area contributed by atoms with Gasteiger partial charge in [-0.3, -0.25) is 0 Å². The standard InChI is InChI=1S/C15H18FN3OS/c1-8(2)20-13-7-14(12(17)6-11(13)16)21-15-18-9(3)5-10(4)19-15/h5-8H,17H2,1-4H3. The Morgan fingerprint density at radius 1 is 1.14 bits per heavy atom. The van der Waals surface area contributed by atoms with E-state index in [1.165, 1.54) is 17.8 Å². The zero-order chi connectivity index (χ0) is 15.6. The summed E-state index contributed by atoms with van der Waals surface area (Å²) >= 11 is 1.30. The summed E-state index contributed by atoms with van der Waals surface area (Å²) in [6, 6.07) is 4.75. The summed E-state index contributed by atoms with van der Waals surface area (Å²) in [5.74, 6) is -0.280. The summed E-state index contributed by atoms with van der Waals surface area (Å²) in [6.45, 7) is 7.49. The van der Waals surface area contributed by atoms with Crippen LogP contribution in [0, 0.1) is 19.7 Å². The van der Waals surface area contributed by atoms with Crippen LogP contribution < -0.4 is 10.5 Å². The van der Waals surface area contributed by atoms with E-state index in [0.717, 1.165) is 11.4 Å². The molecule has 0 amide bonds. The number of nitrogens with zero attached hydrogens (tertiary/aromatic N) is 2. The average molecular weight is 307 g/mol. The molecule has 2 N–H and O–H groups in total. The van der Waals surface area contributed by atoms with Gasteiger partial charge in [-0.25, -0.2) is 14.4 Å². The van der Waals surface area contributed by atoms with Crippen LogP contribution in [0.3, 0.4) is 0 Å². The first-order valence-corrected chi connectivity index (χ1v) is 7.42. The summed E-state index contributed by atoms with van der Waals surface area (Å²) in [7, 11) is 0. The van der Waals surface area contributed by atoms with Gasteiger partial charge in [0.2, 0.25) is 0 Å². The average Bonchev–Trinajstić information content (AvgIpc) is 2.33. The minimum Gasteiger partial charge on any atom is -0.488 e. The van der Waals surface area contributed by atoms with E-state index in [2.05, 4.69) is 9.97 Å². The predicted octanol–water partition coefficient (Wildman–Crippen LogP) is 3.75. The molecular weight excluding hydrogens is 289 g/mol. The van der Waals surface area contributed by atoms with E-state index in [4.69, 9.17) is 10.5 Å². The molecule has 0 aliphatic rings. The van der Waals surface area contributed by atoms with Gasteiger partial charge in [0, 0.05) is 28.0 Å². The Hall–Kier alpha value is -1.82. The highest BCUT2D eigenvalue weighted by Gasteiger charge is 2.13. The predicted molar refractivity (Wildman–Crippen MR) is 82.2 cm³/mol. The quantitative estimate of drug-likeness (QED) is 0.688. The highest BCUT2D eigenvalue weighted by atomic mass is 32.2. The van der Waals surface area contributed by atoms with Gasteiger partial charge in [-0.15, -0.1) is 0 Å². The molecule has 0 aliphatic heterocycles. The van der Waals surface area contributed by atoms with Crippen LogP contribution in [0.2, 0.25) is 0 Å². The van der Waals surface area contributed by atoms with Crippen molar-refractivity contribution < 1.29 is 9.13 Å². The van der Waals surface area contributed by atoms with Crippen LogP contribution in [-0.4, -0.2) is 16.1 Å². The molecule has 2 rings (SSSR count). The van der Waals surface area contributed by atoms with Crippen LogP contribution in [0.1, 0.15) is 25.2 Å². The molecule has 0 unspecified atom stereocenters. The van der Waals surface area contributed by atoms with E-state index >= 15 is 0 Å². The second kappa shape index (κ2) is 6.30. The Balaban J connectivity index is 2.34. The fourth-order valence-corrected chi connectivity index (χ4v) is 2.74. The van der Waals surface area contributed by atoms with E-state index < -0.39 is 5.82 Å². The molecule has 6 heteroatoms. The smallest absolute Gasteiger partial charge is 0.192 e. The number of hydrogen-bond acceptors (Lipinski definition) is 5. The van der Waals surface area contributed by atoms with E-state index in [0.29, 0.717) is 15.7 Å². The van der Waals surface area contributed by atoms with Gasteiger partial charge in [-0.1, -0.05) is 0 Å². The zero-order valence-electron chi connectivity index (χ0n) is 12.5. The van der Waals surface area contributed by atoms with Gasteiger partial charge in [0.05, 0.1) is 6.10 Å². The lowest BCUT2D eigenvalue weighted by atomic mass is 10.3. The van der Waals surface area contributed by atoms with Crippen molar-refractivity contribution in [2.75, 3.05) is 5.73 Å².